The number of terminal acetylenes is 1. The summed E-state index contributed by atoms with van der Waals surface area (Å²) in [5.41, 5.74) is 7.14. The van der Waals surface area contributed by atoms with Crippen LogP contribution in [0.3, 0.4) is 0 Å². The predicted octanol–water partition coefficient (Wildman–Crippen LogP) is 2.30. The van der Waals surface area contributed by atoms with Crippen LogP contribution in [0, 0.1) is 18.2 Å². The quantitative estimate of drug-likeness (QED) is 0.789. The number of halogens is 1. The summed E-state index contributed by atoms with van der Waals surface area (Å²) in [6.45, 7) is 4.82. The van der Waals surface area contributed by atoms with Crippen LogP contribution in [0.25, 0.3) is 0 Å². The zero-order chi connectivity index (χ0) is 12.1. The molecule has 0 amide bonds. The molecule has 1 aromatic rings. The fraction of sp³-hybridized carbons (Fsp3) is 0.385. The van der Waals surface area contributed by atoms with Crippen molar-refractivity contribution in [2.24, 2.45) is 5.73 Å². The minimum Gasteiger partial charge on any atom is -0.358 e. The SMILES string of the molecule is C#CCN(CC)c1c(F)cccc1[C@H](C)N. The fourth-order valence-electron chi connectivity index (χ4n) is 1.69. The minimum absolute atomic E-state index is 0.211. The lowest BCUT2D eigenvalue weighted by Gasteiger charge is -2.25. The van der Waals surface area contributed by atoms with Crippen molar-refractivity contribution in [2.75, 3.05) is 18.0 Å². The predicted molar refractivity (Wildman–Crippen MR) is 65.7 cm³/mol. The van der Waals surface area contributed by atoms with Crippen molar-refractivity contribution < 1.29 is 4.39 Å². The fourth-order valence-corrected chi connectivity index (χ4v) is 1.69. The van der Waals surface area contributed by atoms with Gasteiger partial charge in [0, 0.05) is 12.6 Å². The van der Waals surface area contributed by atoms with Crippen molar-refractivity contribution in [3.8, 4) is 12.3 Å². The van der Waals surface area contributed by atoms with Gasteiger partial charge in [-0.05, 0) is 25.5 Å². The number of hydrogen-bond donors (Lipinski definition) is 1. The van der Waals surface area contributed by atoms with E-state index in [0.717, 1.165) is 5.56 Å². The second-order valence-corrected chi connectivity index (χ2v) is 3.68. The van der Waals surface area contributed by atoms with Crippen LogP contribution in [0.4, 0.5) is 10.1 Å². The molecule has 2 N–H and O–H groups in total. The van der Waals surface area contributed by atoms with Gasteiger partial charge in [0.05, 0.1) is 12.2 Å². The molecule has 2 nitrogen and oxygen atoms in total. The van der Waals surface area contributed by atoms with E-state index < -0.39 is 0 Å². The summed E-state index contributed by atoms with van der Waals surface area (Å²) in [4.78, 5) is 1.81. The van der Waals surface area contributed by atoms with Gasteiger partial charge in [-0.2, -0.15) is 0 Å². The smallest absolute Gasteiger partial charge is 0.146 e. The van der Waals surface area contributed by atoms with Gasteiger partial charge in [-0.1, -0.05) is 18.1 Å². The molecule has 0 aromatic heterocycles. The third kappa shape index (κ3) is 2.53. The maximum absolute atomic E-state index is 13.8. The zero-order valence-electron chi connectivity index (χ0n) is 9.70. The molecule has 16 heavy (non-hydrogen) atoms. The van der Waals surface area contributed by atoms with E-state index in [1.165, 1.54) is 6.07 Å². The molecule has 0 aliphatic heterocycles. The van der Waals surface area contributed by atoms with Gasteiger partial charge in [0.2, 0.25) is 0 Å². The Kier molecular flexibility index (Phi) is 4.33. The van der Waals surface area contributed by atoms with Crippen LogP contribution in [-0.4, -0.2) is 13.1 Å². The average molecular weight is 220 g/mol. The van der Waals surface area contributed by atoms with Gasteiger partial charge >= 0.3 is 0 Å². The summed E-state index contributed by atoms with van der Waals surface area (Å²) in [5, 5.41) is 0. The Morgan fingerprint density at radius 1 is 1.56 bits per heavy atom. The number of hydrogen-bond acceptors (Lipinski definition) is 2. The summed E-state index contributed by atoms with van der Waals surface area (Å²) in [6.07, 6.45) is 5.27. The van der Waals surface area contributed by atoms with Gasteiger partial charge in [0.1, 0.15) is 5.82 Å². The number of nitrogens with two attached hydrogens (primary N) is 1. The first-order valence-electron chi connectivity index (χ1n) is 5.34. The average Bonchev–Trinajstić information content (AvgIpc) is 2.26. The van der Waals surface area contributed by atoms with E-state index in [1.807, 2.05) is 24.8 Å². The lowest BCUT2D eigenvalue weighted by molar-refractivity contribution is 0.615. The topological polar surface area (TPSA) is 29.3 Å². The van der Waals surface area contributed by atoms with Crippen molar-refractivity contribution in [2.45, 2.75) is 19.9 Å². The Hall–Kier alpha value is -1.53. The molecule has 0 spiro atoms. The van der Waals surface area contributed by atoms with E-state index in [-0.39, 0.29) is 11.9 Å². The van der Waals surface area contributed by atoms with Gasteiger partial charge in [0.15, 0.2) is 0 Å². The van der Waals surface area contributed by atoms with E-state index in [4.69, 9.17) is 12.2 Å². The normalized spacial score (nSPS) is 11.9. The molecule has 86 valence electrons. The molecule has 0 fully saturated rings. The van der Waals surface area contributed by atoms with Crippen LogP contribution in [0.1, 0.15) is 25.5 Å². The number of para-hydroxylation sites is 1. The van der Waals surface area contributed by atoms with Crippen molar-refractivity contribution in [3.63, 3.8) is 0 Å². The van der Waals surface area contributed by atoms with Gasteiger partial charge < -0.3 is 10.6 Å². The molecule has 0 radical (unpaired) electrons. The second-order valence-electron chi connectivity index (χ2n) is 3.68. The Morgan fingerprint density at radius 2 is 2.25 bits per heavy atom. The van der Waals surface area contributed by atoms with Crippen molar-refractivity contribution in [3.05, 3.63) is 29.6 Å². The number of rotatable bonds is 4. The van der Waals surface area contributed by atoms with Crippen LogP contribution in [0.2, 0.25) is 0 Å². The highest BCUT2D eigenvalue weighted by Crippen LogP contribution is 2.28. The Morgan fingerprint density at radius 3 is 2.75 bits per heavy atom. The lowest BCUT2D eigenvalue weighted by atomic mass is 10.1. The van der Waals surface area contributed by atoms with Crippen LogP contribution in [-0.2, 0) is 0 Å². The monoisotopic (exact) mass is 220 g/mol. The molecule has 1 atom stereocenters. The van der Waals surface area contributed by atoms with E-state index in [0.29, 0.717) is 18.8 Å². The first-order valence-corrected chi connectivity index (χ1v) is 5.34. The highest BCUT2D eigenvalue weighted by molar-refractivity contribution is 5.56. The van der Waals surface area contributed by atoms with Crippen molar-refractivity contribution in [1.29, 1.82) is 0 Å². The van der Waals surface area contributed by atoms with Crippen molar-refractivity contribution >= 4 is 5.69 Å². The molecule has 1 aromatic carbocycles. The Bertz CT molecular complexity index is 393. The molecule has 0 heterocycles. The molecular weight excluding hydrogens is 203 g/mol. The minimum atomic E-state index is -0.271. The molecule has 1 rings (SSSR count). The number of benzene rings is 1. The molecule has 0 aliphatic carbocycles. The van der Waals surface area contributed by atoms with E-state index in [9.17, 15) is 4.39 Å². The largest absolute Gasteiger partial charge is 0.358 e. The Balaban J connectivity index is 3.23. The number of nitrogens with zero attached hydrogens (tertiary/aromatic N) is 1. The summed E-state index contributed by atoms with van der Waals surface area (Å²) in [6, 6.07) is 4.72. The molecule has 0 aliphatic rings. The zero-order valence-corrected chi connectivity index (χ0v) is 9.70. The lowest BCUT2D eigenvalue weighted by Crippen LogP contribution is -2.26. The standard InChI is InChI=1S/C13H17FN2/c1-4-9-16(5-2)13-11(10(3)15)7-6-8-12(13)14/h1,6-8,10H,5,9,15H2,2-3H3/t10-/m0/s1. The van der Waals surface area contributed by atoms with Crippen LogP contribution < -0.4 is 10.6 Å². The molecule has 0 unspecified atom stereocenters. The first-order chi connectivity index (χ1) is 7.61. The van der Waals surface area contributed by atoms with Gasteiger partial charge in [-0.25, -0.2) is 4.39 Å². The van der Waals surface area contributed by atoms with Crippen LogP contribution >= 0.6 is 0 Å². The van der Waals surface area contributed by atoms with Gasteiger partial charge in [-0.3, -0.25) is 0 Å². The summed E-state index contributed by atoms with van der Waals surface area (Å²) < 4.78 is 13.8. The molecule has 0 saturated heterocycles. The van der Waals surface area contributed by atoms with Crippen LogP contribution in [0.5, 0.6) is 0 Å². The van der Waals surface area contributed by atoms with Crippen LogP contribution in [0.15, 0.2) is 18.2 Å². The Labute approximate surface area is 96.3 Å². The summed E-state index contributed by atoms with van der Waals surface area (Å²) >= 11 is 0. The van der Waals surface area contributed by atoms with Crippen molar-refractivity contribution in [1.82, 2.24) is 0 Å². The van der Waals surface area contributed by atoms with E-state index in [2.05, 4.69) is 5.92 Å². The highest BCUT2D eigenvalue weighted by atomic mass is 19.1. The molecule has 0 saturated carbocycles. The van der Waals surface area contributed by atoms with Gasteiger partial charge in [0.25, 0.3) is 0 Å². The third-order valence-corrected chi connectivity index (χ3v) is 2.49. The van der Waals surface area contributed by atoms with E-state index >= 15 is 0 Å². The number of anilines is 1. The molecule has 0 bridgehead atoms. The first kappa shape index (κ1) is 12.5. The van der Waals surface area contributed by atoms with E-state index in [1.54, 1.807) is 6.07 Å². The van der Waals surface area contributed by atoms with Gasteiger partial charge in [-0.15, -0.1) is 6.42 Å². The maximum atomic E-state index is 13.8. The molecular formula is C13H17FN2. The maximum Gasteiger partial charge on any atom is 0.146 e. The third-order valence-electron chi connectivity index (χ3n) is 2.49. The highest BCUT2D eigenvalue weighted by Gasteiger charge is 2.16. The molecule has 3 heteroatoms. The second kappa shape index (κ2) is 5.53. The summed E-state index contributed by atoms with van der Waals surface area (Å²) in [5.74, 6) is 2.26. The summed E-state index contributed by atoms with van der Waals surface area (Å²) in [7, 11) is 0.